The first kappa shape index (κ1) is 20.4. The van der Waals surface area contributed by atoms with Crippen LogP contribution in [0.5, 0.6) is 5.75 Å². The highest BCUT2D eigenvalue weighted by Gasteiger charge is 2.31. The van der Waals surface area contributed by atoms with Gasteiger partial charge in [-0.1, -0.05) is 75.4 Å². The summed E-state index contributed by atoms with van der Waals surface area (Å²) in [6, 6.07) is 23.1. The Balaban J connectivity index is 1.75. The number of ether oxygens (including phenoxy) is 1. The summed E-state index contributed by atoms with van der Waals surface area (Å²) in [5, 5.41) is 12.8. The van der Waals surface area contributed by atoms with Gasteiger partial charge in [0, 0.05) is 0 Å². The van der Waals surface area contributed by atoms with Gasteiger partial charge in [-0.15, -0.1) is 0 Å². The van der Waals surface area contributed by atoms with Gasteiger partial charge in [0.1, 0.15) is 12.4 Å². The summed E-state index contributed by atoms with van der Waals surface area (Å²) >= 11 is 0. The Labute approximate surface area is 169 Å². The zero-order valence-corrected chi connectivity index (χ0v) is 17.7. The highest BCUT2D eigenvalue weighted by molar-refractivity contribution is 5.85. The molecule has 1 atom stereocenters. The summed E-state index contributed by atoms with van der Waals surface area (Å²) in [5.41, 5.74) is 1.82. The van der Waals surface area contributed by atoms with E-state index in [0.29, 0.717) is 6.61 Å². The molecule has 0 heterocycles. The average molecular weight is 377 g/mol. The molecule has 2 heteroatoms. The van der Waals surface area contributed by atoms with Crippen LogP contribution in [0.15, 0.2) is 66.7 Å². The van der Waals surface area contributed by atoms with Crippen LogP contribution in [0.4, 0.5) is 0 Å². The van der Waals surface area contributed by atoms with E-state index in [1.54, 1.807) is 0 Å². The first-order chi connectivity index (χ1) is 13.1. The van der Waals surface area contributed by atoms with Crippen molar-refractivity contribution in [3.8, 4) is 5.75 Å². The molecule has 3 rings (SSSR count). The zero-order chi connectivity index (χ0) is 20.4. The predicted octanol–water partition coefficient (Wildman–Crippen LogP) is 6.71. The Morgan fingerprint density at radius 3 is 2.11 bits per heavy atom. The molecule has 0 bridgehead atoms. The maximum Gasteiger partial charge on any atom is 0.119 e. The van der Waals surface area contributed by atoms with Crippen molar-refractivity contribution in [1.82, 2.24) is 0 Å². The molecule has 1 N–H and O–H groups in total. The first-order valence-electron chi connectivity index (χ1n) is 10.1. The summed E-state index contributed by atoms with van der Waals surface area (Å²) in [7, 11) is 0. The van der Waals surface area contributed by atoms with Gasteiger partial charge in [0.15, 0.2) is 0 Å². The van der Waals surface area contributed by atoms with Crippen LogP contribution in [-0.4, -0.2) is 10.7 Å². The largest absolute Gasteiger partial charge is 0.489 e. The molecule has 0 aliphatic carbocycles. The molecule has 148 valence electrons. The molecule has 0 aliphatic heterocycles. The fraction of sp³-hybridized carbons (Fsp3) is 0.385. The number of hydrogen-bond acceptors (Lipinski definition) is 2. The Morgan fingerprint density at radius 2 is 1.46 bits per heavy atom. The number of fused-ring (bicyclic) bond motifs is 1. The first-order valence-corrected chi connectivity index (χ1v) is 10.1. The summed E-state index contributed by atoms with van der Waals surface area (Å²) in [4.78, 5) is 0. The van der Waals surface area contributed by atoms with Gasteiger partial charge in [-0.2, -0.15) is 0 Å². The van der Waals surface area contributed by atoms with Crippen molar-refractivity contribution in [2.45, 2.75) is 59.2 Å². The number of aliphatic hydroxyl groups is 1. The summed E-state index contributed by atoms with van der Waals surface area (Å²) in [6.07, 6.45) is 0.729. The molecular formula is C26H32O2. The molecule has 28 heavy (non-hydrogen) atoms. The minimum absolute atomic E-state index is 0.0747. The molecular weight excluding hydrogens is 344 g/mol. The van der Waals surface area contributed by atoms with Gasteiger partial charge >= 0.3 is 0 Å². The van der Waals surface area contributed by atoms with Crippen molar-refractivity contribution in [1.29, 1.82) is 0 Å². The van der Waals surface area contributed by atoms with Crippen LogP contribution in [0.2, 0.25) is 0 Å². The van der Waals surface area contributed by atoms with E-state index in [1.165, 1.54) is 21.9 Å². The minimum atomic E-state index is -0.693. The summed E-state index contributed by atoms with van der Waals surface area (Å²) in [6.45, 7) is 11.0. The molecule has 0 aliphatic rings. The Bertz CT molecular complexity index is 906. The predicted molar refractivity (Wildman–Crippen MR) is 118 cm³/mol. The van der Waals surface area contributed by atoms with E-state index in [9.17, 15) is 5.11 Å². The van der Waals surface area contributed by atoms with Crippen molar-refractivity contribution in [3.05, 3.63) is 77.9 Å². The minimum Gasteiger partial charge on any atom is -0.489 e. The summed E-state index contributed by atoms with van der Waals surface area (Å²) < 4.78 is 6.07. The monoisotopic (exact) mass is 376 g/mol. The molecule has 0 fully saturated rings. The van der Waals surface area contributed by atoms with Crippen LogP contribution in [0.1, 0.15) is 58.1 Å². The molecule has 2 nitrogen and oxygen atoms in total. The Kier molecular flexibility index (Phi) is 5.81. The van der Waals surface area contributed by atoms with Crippen LogP contribution in [0, 0.1) is 5.41 Å². The molecule has 0 amide bonds. The van der Waals surface area contributed by atoms with Gasteiger partial charge in [-0.25, -0.2) is 0 Å². The Morgan fingerprint density at radius 1 is 0.821 bits per heavy atom. The SMILES string of the molecule is CC(C)(O)CC(c1ccc(OCc2cccc3ccccc23)cc1)C(C)(C)C. The van der Waals surface area contributed by atoms with Crippen molar-refractivity contribution < 1.29 is 9.84 Å². The van der Waals surface area contributed by atoms with Crippen LogP contribution >= 0.6 is 0 Å². The molecule has 0 spiro atoms. The van der Waals surface area contributed by atoms with Gasteiger partial charge in [0.2, 0.25) is 0 Å². The van der Waals surface area contributed by atoms with Gasteiger partial charge in [0.25, 0.3) is 0 Å². The lowest BCUT2D eigenvalue weighted by Crippen LogP contribution is -2.29. The molecule has 0 saturated heterocycles. The third kappa shape index (κ3) is 5.14. The molecule has 0 aromatic heterocycles. The number of rotatable bonds is 6. The van der Waals surface area contributed by atoms with Crippen LogP contribution in [0.25, 0.3) is 10.8 Å². The quantitative estimate of drug-likeness (QED) is 0.518. The number of benzene rings is 3. The normalized spacial score (nSPS) is 13.5. The van der Waals surface area contributed by atoms with Crippen molar-refractivity contribution in [2.75, 3.05) is 0 Å². The van der Waals surface area contributed by atoms with Crippen molar-refractivity contribution in [2.24, 2.45) is 5.41 Å². The average Bonchev–Trinajstić information content (AvgIpc) is 2.63. The molecule has 0 radical (unpaired) electrons. The van der Waals surface area contributed by atoms with E-state index >= 15 is 0 Å². The maximum atomic E-state index is 10.3. The number of hydrogen-bond donors (Lipinski definition) is 1. The standard InChI is InChI=1S/C26H32O2/c1-25(2,3)24(17-26(4,5)27)20-13-15-22(16-14-20)28-18-21-11-8-10-19-9-6-7-12-23(19)21/h6-16,24,27H,17-18H2,1-5H3. The van der Waals surface area contributed by atoms with E-state index < -0.39 is 5.60 Å². The van der Waals surface area contributed by atoms with Gasteiger partial charge in [-0.05, 0) is 65.6 Å². The van der Waals surface area contributed by atoms with E-state index in [2.05, 4.69) is 75.4 Å². The molecule has 0 saturated carbocycles. The van der Waals surface area contributed by atoms with Crippen LogP contribution < -0.4 is 4.74 Å². The van der Waals surface area contributed by atoms with E-state index in [1.807, 2.05) is 26.0 Å². The maximum absolute atomic E-state index is 10.3. The molecule has 1 unspecified atom stereocenters. The van der Waals surface area contributed by atoms with Crippen LogP contribution in [0.3, 0.4) is 0 Å². The highest BCUT2D eigenvalue weighted by Crippen LogP contribution is 2.41. The second-order valence-corrected chi connectivity index (χ2v) is 9.43. The lowest BCUT2D eigenvalue weighted by Gasteiger charge is -2.35. The second kappa shape index (κ2) is 7.97. The second-order valence-electron chi connectivity index (χ2n) is 9.43. The third-order valence-electron chi connectivity index (χ3n) is 5.31. The van der Waals surface area contributed by atoms with Gasteiger partial charge in [-0.3, -0.25) is 0 Å². The lowest BCUT2D eigenvalue weighted by molar-refractivity contribution is 0.0478. The van der Waals surface area contributed by atoms with Crippen LogP contribution in [-0.2, 0) is 6.61 Å². The van der Waals surface area contributed by atoms with E-state index in [4.69, 9.17) is 4.74 Å². The topological polar surface area (TPSA) is 29.5 Å². The van der Waals surface area contributed by atoms with Gasteiger partial charge in [0.05, 0.1) is 5.60 Å². The molecule has 3 aromatic rings. The fourth-order valence-corrected chi connectivity index (χ4v) is 3.80. The summed E-state index contributed by atoms with van der Waals surface area (Å²) in [5.74, 6) is 1.15. The van der Waals surface area contributed by atoms with Crippen molar-refractivity contribution in [3.63, 3.8) is 0 Å². The highest BCUT2D eigenvalue weighted by atomic mass is 16.5. The zero-order valence-electron chi connectivity index (χ0n) is 17.7. The third-order valence-corrected chi connectivity index (χ3v) is 5.31. The smallest absolute Gasteiger partial charge is 0.119 e. The van der Waals surface area contributed by atoms with Gasteiger partial charge < -0.3 is 9.84 Å². The van der Waals surface area contributed by atoms with E-state index in [-0.39, 0.29) is 11.3 Å². The molecule has 3 aromatic carbocycles. The van der Waals surface area contributed by atoms with E-state index in [0.717, 1.165) is 12.2 Å². The van der Waals surface area contributed by atoms with Crippen molar-refractivity contribution >= 4 is 10.8 Å². The lowest BCUT2D eigenvalue weighted by atomic mass is 9.71. The Hall–Kier alpha value is -2.32. The fourth-order valence-electron chi connectivity index (χ4n) is 3.80.